The summed E-state index contributed by atoms with van der Waals surface area (Å²) in [7, 11) is 4.46. The number of benzene rings is 1. The average Bonchev–Trinajstić information content (AvgIpc) is 2.64. The van der Waals surface area contributed by atoms with E-state index in [0.29, 0.717) is 12.0 Å². The van der Waals surface area contributed by atoms with Gasteiger partial charge >= 0.3 is 0 Å². The van der Waals surface area contributed by atoms with Gasteiger partial charge in [0.15, 0.2) is 0 Å². The summed E-state index contributed by atoms with van der Waals surface area (Å²) < 4.78 is 0. The van der Waals surface area contributed by atoms with Crippen molar-refractivity contribution < 1.29 is 0 Å². The van der Waals surface area contributed by atoms with E-state index < -0.39 is 0 Å². The number of hydrogen-bond acceptors (Lipinski definition) is 4. The normalized spacial score (nSPS) is 16.5. The van der Waals surface area contributed by atoms with E-state index in [2.05, 4.69) is 67.3 Å². The van der Waals surface area contributed by atoms with Crippen LogP contribution in [0.1, 0.15) is 56.6 Å². The second-order valence-corrected chi connectivity index (χ2v) is 7.88. The van der Waals surface area contributed by atoms with Gasteiger partial charge in [-0.3, -0.25) is 0 Å². The molecule has 0 unspecified atom stereocenters. The van der Waals surface area contributed by atoms with E-state index in [-0.39, 0.29) is 0 Å². The smallest absolute Gasteiger partial charge is 0.0640 e. The van der Waals surface area contributed by atoms with Gasteiger partial charge in [-0.2, -0.15) is 5.26 Å². The summed E-state index contributed by atoms with van der Waals surface area (Å²) in [6.07, 6.45) is 7.26. The molecule has 2 rings (SSSR count). The quantitative estimate of drug-likeness (QED) is 0.724. The van der Waals surface area contributed by atoms with Crippen LogP contribution in [0.4, 0.5) is 5.69 Å². The lowest BCUT2D eigenvalue weighted by Crippen LogP contribution is -2.52. The van der Waals surface area contributed by atoms with Crippen molar-refractivity contribution in [2.24, 2.45) is 0 Å². The first kappa shape index (κ1) is 20.7. The molecular weight excluding hydrogens is 320 g/mol. The molecule has 0 spiro atoms. The van der Waals surface area contributed by atoms with Crippen molar-refractivity contribution in [2.75, 3.05) is 38.6 Å². The summed E-state index contributed by atoms with van der Waals surface area (Å²) in [5, 5.41) is 12.6. The highest BCUT2D eigenvalue weighted by atomic mass is 15.2. The summed E-state index contributed by atoms with van der Waals surface area (Å²) >= 11 is 0. The van der Waals surface area contributed by atoms with Crippen molar-refractivity contribution in [3.63, 3.8) is 0 Å². The summed E-state index contributed by atoms with van der Waals surface area (Å²) in [6.45, 7) is 8.06. The van der Waals surface area contributed by atoms with Crippen LogP contribution in [0.2, 0.25) is 0 Å². The number of likely N-dealkylation sites (N-methyl/N-ethyl adjacent to an activating group) is 1. The Hall–Kier alpha value is -1.57. The molecule has 0 bridgehead atoms. The maximum atomic E-state index is 8.83. The van der Waals surface area contributed by atoms with Crippen LogP contribution in [0.15, 0.2) is 18.2 Å². The maximum Gasteiger partial charge on any atom is 0.0640 e. The highest BCUT2D eigenvalue weighted by Crippen LogP contribution is 2.31. The van der Waals surface area contributed by atoms with E-state index in [1.165, 1.54) is 48.9 Å². The van der Waals surface area contributed by atoms with Crippen LogP contribution in [0.3, 0.4) is 0 Å². The predicted molar refractivity (Wildman–Crippen MR) is 111 cm³/mol. The molecule has 1 N–H and O–H groups in total. The lowest BCUT2D eigenvalue weighted by atomic mass is 9.80. The van der Waals surface area contributed by atoms with Crippen LogP contribution in [0.25, 0.3) is 0 Å². The molecule has 4 heteroatoms. The predicted octanol–water partition coefficient (Wildman–Crippen LogP) is 4.09. The highest BCUT2D eigenvalue weighted by molar-refractivity contribution is 5.50. The molecule has 0 saturated heterocycles. The molecule has 0 amide bonds. The first-order valence-corrected chi connectivity index (χ1v) is 10.1. The molecule has 0 atom stereocenters. The molecule has 0 aromatic heterocycles. The van der Waals surface area contributed by atoms with Crippen LogP contribution in [0, 0.1) is 18.3 Å². The Labute approximate surface area is 160 Å². The van der Waals surface area contributed by atoms with E-state index in [9.17, 15) is 0 Å². The van der Waals surface area contributed by atoms with Crippen molar-refractivity contribution in [1.82, 2.24) is 10.2 Å². The number of nitrogens with zero attached hydrogens (tertiary/aromatic N) is 3. The fraction of sp³-hybridized carbons (Fsp3) is 0.682. The monoisotopic (exact) mass is 356 g/mol. The zero-order chi connectivity index (χ0) is 19.0. The average molecular weight is 357 g/mol. The van der Waals surface area contributed by atoms with E-state index in [4.69, 9.17) is 5.26 Å². The molecule has 1 saturated carbocycles. The van der Waals surface area contributed by atoms with Crippen molar-refractivity contribution in [1.29, 1.82) is 5.26 Å². The number of anilines is 1. The van der Waals surface area contributed by atoms with Gasteiger partial charge in [0, 0.05) is 37.4 Å². The number of hydrogen-bond donors (Lipinski definition) is 1. The Balaban J connectivity index is 1.96. The SMILES string of the molecule is CCN(CCC#N)c1ccc(CNCC2(N(C)C)CCCCC2)c(C)c1. The topological polar surface area (TPSA) is 42.3 Å². The maximum absolute atomic E-state index is 8.83. The zero-order valence-electron chi connectivity index (χ0n) is 17.1. The minimum atomic E-state index is 0.322. The molecule has 1 aliphatic carbocycles. The van der Waals surface area contributed by atoms with Crippen LogP contribution in [0.5, 0.6) is 0 Å². The van der Waals surface area contributed by atoms with E-state index in [1.54, 1.807) is 0 Å². The molecule has 1 aromatic carbocycles. The standard InChI is InChI=1S/C22H36N4/c1-5-26(15-9-14-23)21-11-10-20(19(2)16-21)17-24-18-22(25(3)4)12-7-6-8-13-22/h10-11,16,24H,5-9,12-13,15,17-18H2,1-4H3. The number of rotatable bonds is 9. The molecule has 0 aliphatic heterocycles. The minimum Gasteiger partial charge on any atom is -0.371 e. The third-order valence-corrected chi connectivity index (χ3v) is 6.07. The fourth-order valence-corrected chi connectivity index (χ4v) is 4.15. The third kappa shape index (κ3) is 5.22. The lowest BCUT2D eigenvalue weighted by molar-refractivity contribution is 0.0984. The first-order valence-electron chi connectivity index (χ1n) is 10.1. The van der Waals surface area contributed by atoms with E-state index in [1.807, 2.05) is 0 Å². The van der Waals surface area contributed by atoms with Crippen molar-refractivity contribution in [3.05, 3.63) is 29.3 Å². The molecular formula is C22H36N4. The lowest BCUT2D eigenvalue weighted by Gasteiger charge is -2.43. The number of aryl methyl sites for hydroxylation is 1. The molecule has 1 aliphatic rings. The summed E-state index contributed by atoms with van der Waals surface area (Å²) in [6, 6.07) is 8.96. The summed E-state index contributed by atoms with van der Waals surface area (Å²) in [4.78, 5) is 4.71. The summed E-state index contributed by atoms with van der Waals surface area (Å²) in [5.74, 6) is 0. The second kappa shape index (κ2) is 9.94. The molecule has 1 aromatic rings. The van der Waals surface area contributed by atoms with E-state index >= 15 is 0 Å². The third-order valence-electron chi connectivity index (χ3n) is 6.07. The highest BCUT2D eigenvalue weighted by Gasteiger charge is 2.33. The van der Waals surface area contributed by atoms with Crippen molar-refractivity contribution >= 4 is 5.69 Å². The van der Waals surface area contributed by atoms with Gasteiger partial charge in [0.05, 0.1) is 12.5 Å². The van der Waals surface area contributed by atoms with Crippen LogP contribution in [-0.4, -0.2) is 44.2 Å². The van der Waals surface area contributed by atoms with Crippen molar-refractivity contribution in [2.45, 2.75) is 64.5 Å². The largest absolute Gasteiger partial charge is 0.371 e. The number of nitriles is 1. The van der Waals surface area contributed by atoms with Gasteiger partial charge in [-0.15, -0.1) is 0 Å². The molecule has 0 heterocycles. The van der Waals surface area contributed by atoms with Crippen LogP contribution >= 0.6 is 0 Å². The van der Waals surface area contributed by atoms with Gasteiger partial charge in [-0.25, -0.2) is 0 Å². The van der Waals surface area contributed by atoms with Gasteiger partial charge in [0.25, 0.3) is 0 Å². The van der Waals surface area contributed by atoms with Crippen LogP contribution < -0.4 is 10.2 Å². The van der Waals surface area contributed by atoms with Gasteiger partial charge in [-0.1, -0.05) is 25.3 Å². The zero-order valence-corrected chi connectivity index (χ0v) is 17.1. The first-order chi connectivity index (χ1) is 12.5. The molecule has 144 valence electrons. The number of nitrogens with one attached hydrogen (secondary N) is 1. The Morgan fingerprint density at radius 2 is 1.92 bits per heavy atom. The minimum absolute atomic E-state index is 0.322. The van der Waals surface area contributed by atoms with Crippen LogP contribution in [-0.2, 0) is 6.54 Å². The fourth-order valence-electron chi connectivity index (χ4n) is 4.15. The van der Waals surface area contributed by atoms with Gasteiger partial charge < -0.3 is 15.1 Å². The molecule has 26 heavy (non-hydrogen) atoms. The van der Waals surface area contributed by atoms with Gasteiger partial charge in [0.2, 0.25) is 0 Å². The molecule has 1 fully saturated rings. The Morgan fingerprint density at radius 1 is 1.19 bits per heavy atom. The Kier molecular flexibility index (Phi) is 7.93. The van der Waals surface area contributed by atoms with Crippen molar-refractivity contribution in [3.8, 4) is 6.07 Å². The molecule has 0 radical (unpaired) electrons. The molecule has 4 nitrogen and oxygen atoms in total. The Bertz CT molecular complexity index is 597. The summed E-state index contributed by atoms with van der Waals surface area (Å²) in [5.41, 5.74) is 4.24. The second-order valence-electron chi connectivity index (χ2n) is 7.88. The Morgan fingerprint density at radius 3 is 2.50 bits per heavy atom. The van der Waals surface area contributed by atoms with E-state index in [0.717, 1.165) is 26.2 Å². The van der Waals surface area contributed by atoms with Gasteiger partial charge in [0.1, 0.15) is 0 Å². The van der Waals surface area contributed by atoms with Gasteiger partial charge in [-0.05, 0) is 64.0 Å².